The van der Waals surface area contributed by atoms with E-state index in [0.29, 0.717) is 6.54 Å². The van der Waals surface area contributed by atoms with Crippen LogP contribution in [0.3, 0.4) is 0 Å². The van der Waals surface area contributed by atoms with E-state index in [2.05, 4.69) is 4.18 Å². The molecule has 7 heteroatoms. The highest BCUT2D eigenvalue weighted by atomic mass is 32.2. The molecule has 0 saturated heterocycles. The fraction of sp³-hybridized carbons (Fsp3) is 0.500. The number of carbonyl (C=O) groups excluding carboxylic acids is 1. The van der Waals surface area contributed by atoms with Gasteiger partial charge < -0.3 is 9.64 Å². The molecule has 0 spiro atoms. The zero-order valence-corrected chi connectivity index (χ0v) is 13.1. The van der Waals surface area contributed by atoms with E-state index in [0.717, 1.165) is 18.2 Å². The zero-order chi connectivity index (χ0) is 15.7. The van der Waals surface area contributed by atoms with Crippen molar-refractivity contribution in [1.29, 1.82) is 0 Å². The molecule has 0 unspecified atom stereocenters. The second kappa shape index (κ2) is 8.63. The minimum Gasteiger partial charge on any atom is -0.445 e. The number of hydrogen-bond donors (Lipinski definition) is 0. The maximum absolute atomic E-state index is 12.0. The minimum absolute atomic E-state index is 0.0702. The van der Waals surface area contributed by atoms with Gasteiger partial charge in [0.1, 0.15) is 6.61 Å². The largest absolute Gasteiger partial charge is 0.445 e. The van der Waals surface area contributed by atoms with E-state index >= 15 is 0 Å². The van der Waals surface area contributed by atoms with Crippen LogP contribution in [0.25, 0.3) is 0 Å². The number of hydrogen-bond acceptors (Lipinski definition) is 5. The molecule has 0 saturated carbocycles. The quantitative estimate of drug-likeness (QED) is 0.686. The van der Waals surface area contributed by atoms with Gasteiger partial charge in [0, 0.05) is 13.1 Å². The summed E-state index contributed by atoms with van der Waals surface area (Å²) in [5.74, 6) is 0. The molecular weight excluding hydrogens is 294 g/mol. The smallest absolute Gasteiger partial charge is 0.410 e. The second-order valence-corrected chi connectivity index (χ2v) is 6.20. The lowest BCUT2D eigenvalue weighted by Gasteiger charge is -2.21. The van der Waals surface area contributed by atoms with E-state index in [9.17, 15) is 13.2 Å². The molecule has 0 aliphatic carbocycles. The number of carbonyl (C=O) groups is 1. The highest BCUT2D eigenvalue weighted by molar-refractivity contribution is 7.85. The van der Waals surface area contributed by atoms with Gasteiger partial charge in [-0.3, -0.25) is 4.18 Å². The summed E-state index contributed by atoms with van der Waals surface area (Å²) >= 11 is 0. The molecule has 118 valence electrons. The normalized spacial score (nSPS) is 11.1. The van der Waals surface area contributed by atoms with Crippen LogP contribution in [0.1, 0.15) is 18.9 Å². The molecule has 0 fully saturated rings. The molecule has 21 heavy (non-hydrogen) atoms. The molecule has 0 N–H and O–H groups in total. The van der Waals surface area contributed by atoms with Crippen molar-refractivity contribution in [1.82, 2.24) is 4.90 Å². The first-order valence-electron chi connectivity index (χ1n) is 6.72. The lowest BCUT2D eigenvalue weighted by molar-refractivity contribution is 0.0907. The first kappa shape index (κ1) is 17.5. The van der Waals surface area contributed by atoms with Crippen LogP contribution in [0.4, 0.5) is 4.79 Å². The Morgan fingerprint density at radius 3 is 2.43 bits per heavy atom. The van der Waals surface area contributed by atoms with E-state index in [1.54, 1.807) is 0 Å². The third-order valence-corrected chi connectivity index (χ3v) is 3.21. The van der Waals surface area contributed by atoms with Gasteiger partial charge in [-0.2, -0.15) is 8.42 Å². The summed E-state index contributed by atoms with van der Waals surface area (Å²) in [5, 5.41) is 0. The Labute approximate surface area is 125 Å². The molecule has 0 heterocycles. The highest BCUT2D eigenvalue weighted by Crippen LogP contribution is 2.04. The van der Waals surface area contributed by atoms with E-state index in [-0.39, 0.29) is 19.8 Å². The van der Waals surface area contributed by atoms with E-state index in [1.165, 1.54) is 4.90 Å². The molecule has 1 aromatic carbocycles. The van der Waals surface area contributed by atoms with Gasteiger partial charge in [0.05, 0.1) is 12.9 Å². The van der Waals surface area contributed by atoms with Gasteiger partial charge in [-0.25, -0.2) is 4.79 Å². The van der Waals surface area contributed by atoms with Gasteiger partial charge in [0.15, 0.2) is 0 Å². The van der Waals surface area contributed by atoms with Crippen LogP contribution in [0.15, 0.2) is 30.3 Å². The molecule has 0 aliphatic heterocycles. The molecule has 6 nitrogen and oxygen atoms in total. The Morgan fingerprint density at radius 1 is 1.19 bits per heavy atom. The van der Waals surface area contributed by atoms with Crippen LogP contribution in [0.5, 0.6) is 0 Å². The van der Waals surface area contributed by atoms with Gasteiger partial charge in [-0.05, 0) is 12.0 Å². The molecule has 1 amide bonds. The van der Waals surface area contributed by atoms with E-state index < -0.39 is 16.2 Å². The number of benzene rings is 1. The standard InChI is InChI=1S/C14H21NO5S/c1-3-9-15(10-11-20-21(2,17)18)14(16)19-12-13-7-5-4-6-8-13/h4-8H,3,9-12H2,1-2H3. The van der Waals surface area contributed by atoms with Crippen LogP contribution < -0.4 is 0 Å². The molecule has 0 aromatic heterocycles. The number of rotatable bonds is 8. The number of amides is 1. The summed E-state index contributed by atoms with van der Waals surface area (Å²) in [6, 6.07) is 9.35. The van der Waals surface area contributed by atoms with Crippen molar-refractivity contribution < 1.29 is 22.1 Å². The fourth-order valence-electron chi connectivity index (χ4n) is 1.67. The average Bonchev–Trinajstić information content (AvgIpc) is 2.44. The van der Waals surface area contributed by atoms with Crippen molar-refractivity contribution in [2.24, 2.45) is 0 Å². The maximum atomic E-state index is 12.0. The Morgan fingerprint density at radius 2 is 1.86 bits per heavy atom. The lowest BCUT2D eigenvalue weighted by Crippen LogP contribution is -2.35. The van der Waals surface area contributed by atoms with Crippen molar-refractivity contribution in [3.05, 3.63) is 35.9 Å². The second-order valence-electron chi connectivity index (χ2n) is 4.55. The topological polar surface area (TPSA) is 72.9 Å². The SMILES string of the molecule is CCCN(CCOS(C)(=O)=O)C(=O)OCc1ccccc1. The molecule has 0 atom stereocenters. The zero-order valence-electron chi connectivity index (χ0n) is 12.3. The van der Waals surface area contributed by atoms with Crippen molar-refractivity contribution in [3.8, 4) is 0 Å². The number of ether oxygens (including phenoxy) is 1. The van der Waals surface area contributed by atoms with Crippen molar-refractivity contribution in [2.45, 2.75) is 20.0 Å². The molecule has 0 aliphatic rings. The van der Waals surface area contributed by atoms with Gasteiger partial charge in [-0.1, -0.05) is 37.3 Å². The number of nitrogens with zero attached hydrogens (tertiary/aromatic N) is 1. The average molecular weight is 315 g/mol. The van der Waals surface area contributed by atoms with Gasteiger partial charge in [-0.15, -0.1) is 0 Å². The molecular formula is C14H21NO5S. The minimum atomic E-state index is -3.49. The van der Waals surface area contributed by atoms with Crippen LogP contribution in [0, 0.1) is 0 Å². The van der Waals surface area contributed by atoms with Crippen molar-refractivity contribution in [3.63, 3.8) is 0 Å². The van der Waals surface area contributed by atoms with E-state index in [4.69, 9.17) is 4.74 Å². The van der Waals surface area contributed by atoms with Crippen LogP contribution in [-0.2, 0) is 25.6 Å². The van der Waals surface area contributed by atoms with E-state index in [1.807, 2.05) is 37.3 Å². The summed E-state index contributed by atoms with van der Waals surface area (Å²) in [4.78, 5) is 13.4. The maximum Gasteiger partial charge on any atom is 0.410 e. The summed E-state index contributed by atoms with van der Waals surface area (Å²) < 4.78 is 31.6. The predicted octanol–water partition coefficient (Wildman–Crippen LogP) is 2.01. The Kier molecular flexibility index (Phi) is 7.18. The van der Waals surface area contributed by atoms with Crippen LogP contribution >= 0.6 is 0 Å². The molecule has 0 bridgehead atoms. The monoisotopic (exact) mass is 315 g/mol. The summed E-state index contributed by atoms with van der Waals surface area (Å²) in [7, 11) is -3.49. The summed E-state index contributed by atoms with van der Waals surface area (Å²) in [6.07, 6.45) is 1.25. The van der Waals surface area contributed by atoms with Crippen molar-refractivity contribution in [2.75, 3.05) is 26.0 Å². The third-order valence-electron chi connectivity index (χ3n) is 2.62. The Balaban J connectivity index is 2.45. The summed E-state index contributed by atoms with van der Waals surface area (Å²) in [6.45, 7) is 2.70. The first-order chi connectivity index (χ1) is 9.92. The molecule has 1 aromatic rings. The molecule has 0 radical (unpaired) electrons. The lowest BCUT2D eigenvalue weighted by atomic mass is 10.2. The Bertz CT molecular complexity index is 530. The van der Waals surface area contributed by atoms with Crippen LogP contribution in [-0.4, -0.2) is 45.4 Å². The first-order valence-corrected chi connectivity index (χ1v) is 8.54. The van der Waals surface area contributed by atoms with Crippen molar-refractivity contribution >= 4 is 16.2 Å². The molecule has 1 rings (SSSR count). The third kappa shape index (κ3) is 7.67. The summed E-state index contributed by atoms with van der Waals surface area (Å²) in [5.41, 5.74) is 0.898. The van der Waals surface area contributed by atoms with Gasteiger partial charge in [0.25, 0.3) is 10.1 Å². The van der Waals surface area contributed by atoms with Crippen LogP contribution in [0.2, 0.25) is 0 Å². The highest BCUT2D eigenvalue weighted by Gasteiger charge is 2.15. The van der Waals surface area contributed by atoms with Gasteiger partial charge >= 0.3 is 6.09 Å². The predicted molar refractivity (Wildman–Crippen MR) is 79.3 cm³/mol. The van der Waals surface area contributed by atoms with Gasteiger partial charge in [0.2, 0.25) is 0 Å². The fourth-order valence-corrected chi connectivity index (χ4v) is 2.05. The Hall–Kier alpha value is -1.60.